The van der Waals surface area contributed by atoms with Crippen LogP contribution in [0.1, 0.15) is 13.8 Å². The molecule has 0 atom stereocenters. The van der Waals surface area contributed by atoms with Crippen LogP contribution in [0, 0.1) is 0 Å². The van der Waals surface area contributed by atoms with Crippen molar-refractivity contribution in [1.29, 1.82) is 0 Å². The third-order valence-electron chi connectivity index (χ3n) is 2.48. The van der Waals surface area contributed by atoms with Crippen molar-refractivity contribution in [3.8, 4) is 0 Å². The van der Waals surface area contributed by atoms with Crippen LogP contribution in [0.15, 0.2) is 45.5 Å². The van der Waals surface area contributed by atoms with E-state index in [1.807, 2.05) is 0 Å². The van der Waals surface area contributed by atoms with Crippen LogP contribution in [-0.4, -0.2) is 18.5 Å². The normalized spacial score (nSPS) is 16.2. The van der Waals surface area contributed by atoms with Crippen molar-refractivity contribution in [3.63, 3.8) is 0 Å². The van der Waals surface area contributed by atoms with Crippen molar-refractivity contribution in [2.24, 2.45) is 9.98 Å². The number of benzene rings is 1. The Bertz CT molecular complexity index is 659. The van der Waals surface area contributed by atoms with Crippen LogP contribution in [0.3, 0.4) is 0 Å². The van der Waals surface area contributed by atoms with Crippen molar-refractivity contribution in [3.05, 3.63) is 46.3 Å². The number of carbonyl (C=O) groups is 2. The number of hydrogen-bond acceptors (Lipinski definition) is 4. The first kappa shape index (κ1) is 12.2. The molecule has 2 rings (SSSR count). The molecule has 1 aliphatic rings. The van der Waals surface area contributed by atoms with E-state index >= 15 is 0 Å². The molecular formula is C13H12N2O3. The fourth-order valence-corrected chi connectivity index (χ4v) is 1.56. The Morgan fingerprint density at radius 3 is 2.44 bits per heavy atom. The van der Waals surface area contributed by atoms with Gasteiger partial charge in [-0.3, -0.25) is 4.79 Å². The molecule has 1 heterocycles. The Balaban J connectivity index is 2.56. The molecule has 0 bridgehead atoms. The van der Waals surface area contributed by atoms with Crippen molar-refractivity contribution in [1.82, 2.24) is 0 Å². The van der Waals surface area contributed by atoms with Crippen LogP contribution in [0.25, 0.3) is 0 Å². The highest BCUT2D eigenvalue weighted by Crippen LogP contribution is 2.10. The molecule has 1 aliphatic heterocycles. The largest absolute Gasteiger partial charge is 0.463 e. The van der Waals surface area contributed by atoms with Crippen LogP contribution < -0.4 is 10.7 Å². The van der Waals surface area contributed by atoms with Gasteiger partial charge < -0.3 is 4.74 Å². The first-order valence-corrected chi connectivity index (χ1v) is 5.58. The summed E-state index contributed by atoms with van der Waals surface area (Å²) in [5.74, 6) is -1.06. The molecule has 0 saturated carbocycles. The van der Waals surface area contributed by atoms with Crippen LogP contribution in [0.2, 0.25) is 0 Å². The maximum Gasteiger partial charge on any atom is 0.336 e. The molecule has 0 saturated heterocycles. The molecule has 0 aliphatic carbocycles. The van der Waals surface area contributed by atoms with Crippen LogP contribution >= 0.6 is 0 Å². The van der Waals surface area contributed by atoms with E-state index in [0.29, 0.717) is 10.7 Å². The van der Waals surface area contributed by atoms with Crippen molar-refractivity contribution < 1.29 is 14.3 Å². The standard InChI is InChI=1S/C13H12N2O3/c1-3-18-13(17)8(2)11-12(16)15-10-7-5-4-6-9(10)14-11/h4-7H,3H2,1-2H3/b11-8-. The Hall–Kier alpha value is -2.30. The van der Waals surface area contributed by atoms with E-state index in [1.165, 1.54) is 6.92 Å². The van der Waals surface area contributed by atoms with E-state index in [4.69, 9.17) is 4.74 Å². The molecule has 5 nitrogen and oxygen atoms in total. The lowest BCUT2D eigenvalue weighted by molar-refractivity contribution is -0.138. The predicted molar refractivity (Wildman–Crippen MR) is 63.1 cm³/mol. The third-order valence-corrected chi connectivity index (χ3v) is 2.48. The number of rotatable bonds is 2. The second-order valence-electron chi connectivity index (χ2n) is 3.71. The molecule has 1 amide bonds. The molecule has 0 fully saturated rings. The van der Waals surface area contributed by atoms with Crippen molar-refractivity contribution in [2.45, 2.75) is 13.8 Å². The van der Waals surface area contributed by atoms with Gasteiger partial charge in [0.15, 0.2) is 0 Å². The van der Waals surface area contributed by atoms with E-state index < -0.39 is 11.9 Å². The minimum absolute atomic E-state index is 0.0483. The minimum Gasteiger partial charge on any atom is -0.463 e. The summed E-state index contributed by atoms with van der Waals surface area (Å²) in [5, 5.41) is 1.10. The van der Waals surface area contributed by atoms with E-state index in [1.54, 1.807) is 31.2 Å². The Kier molecular flexibility index (Phi) is 3.32. The highest BCUT2D eigenvalue weighted by molar-refractivity contribution is 6.02. The van der Waals surface area contributed by atoms with Gasteiger partial charge in [-0.05, 0) is 26.0 Å². The third kappa shape index (κ3) is 2.20. The van der Waals surface area contributed by atoms with E-state index in [9.17, 15) is 9.59 Å². The van der Waals surface area contributed by atoms with Crippen molar-refractivity contribution in [2.75, 3.05) is 6.61 Å². The number of fused-ring (bicyclic) bond motifs is 1. The number of para-hydroxylation sites is 2. The molecule has 0 aromatic heterocycles. The Morgan fingerprint density at radius 1 is 1.22 bits per heavy atom. The average Bonchev–Trinajstić information content (AvgIpc) is 2.37. The lowest BCUT2D eigenvalue weighted by Gasteiger charge is -2.07. The minimum atomic E-state index is -0.542. The summed E-state index contributed by atoms with van der Waals surface area (Å²) in [6.45, 7) is 3.47. The number of amides is 1. The highest BCUT2D eigenvalue weighted by atomic mass is 16.5. The summed E-state index contributed by atoms with van der Waals surface area (Å²) in [4.78, 5) is 31.4. The monoisotopic (exact) mass is 244 g/mol. The zero-order valence-corrected chi connectivity index (χ0v) is 10.1. The Morgan fingerprint density at radius 2 is 1.83 bits per heavy atom. The lowest BCUT2D eigenvalue weighted by Crippen LogP contribution is -2.31. The van der Waals surface area contributed by atoms with E-state index in [-0.39, 0.29) is 17.9 Å². The topological polar surface area (TPSA) is 68.1 Å². The first-order valence-electron chi connectivity index (χ1n) is 5.58. The van der Waals surface area contributed by atoms with Crippen LogP contribution in [0.4, 0.5) is 0 Å². The Labute approximate surface area is 104 Å². The van der Waals surface area contributed by atoms with Gasteiger partial charge in [0.05, 0.1) is 22.9 Å². The zero-order chi connectivity index (χ0) is 13.1. The zero-order valence-electron chi connectivity index (χ0n) is 10.1. The number of hydrogen-bond donors (Lipinski definition) is 0. The molecule has 1 aromatic carbocycles. The molecular weight excluding hydrogens is 232 g/mol. The summed E-state index contributed by atoms with van der Waals surface area (Å²) >= 11 is 0. The molecule has 1 aromatic rings. The van der Waals surface area contributed by atoms with Gasteiger partial charge >= 0.3 is 5.97 Å². The quantitative estimate of drug-likeness (QED) is 0.555. The molecule has 18 heavy (non-hydrogen) atoms. The van der Waals surface area contributed by atoms with Gasteiger partial charge in [-0.1, -0.05) is 12.1 Å². The van der Waals surface area contributed by atoms with E-state index in [0.717, 1.165) is 0 Å². The summed E-state index contributed by atoms with van der Waals surface area (Å²) < 4.78 is 4.84. The second kappa shape index (κ2) is 4.91. The highest BCUT2D eigenvalue weighted by Gasteiger charge is 2.19. The number of nitrogens with zero attached hydrogens (tertiary/aromatic N) is 2. The summed E-state index contributed by atoms with van der Waals surface area (Å²) in [6, 6.07) is 7.01. The van der Waals surface area contributed by atoms with Crippen LogP contribution in [-0.2, 0) is 14.3 Å². The number of esters is 1. The maximum absolute atomic E-state index is 11.8. The fraction of sp³-hybridized carbons (Fsp3) is 0.231. The average molecular weight is 244 g/mol. The molecule has 0 radical (unpaired) electrons. The maximum atomic E-state index is 11.8. The molecule has 0 N–H and O–H groups in total. The van der Waals surface area contributed by atoms with Gasteiger partial charge in [-0.25, -0.2) is 14.8 Å². The van der Waals surface area contributed by atoms with Crippen LogP contribution in [0.5, 0.6) is 0 Å². The fourth-order valence-electron chi connectivity index (χ4n) is 1.56. The molecule has 0 spiro atoms. The summed E-state index contributed by atoms with van der Waals surface area (Å²) in [5.41, 5.74) is 0.229. The predicted octanol–water partition coefficient (Wildman–Crippen LogP) is 0.303. The summed E-state index contributed by atoms with van der Waals surface area (Å²) in [7, 11) is 0. The van der Waals surface area contributed by atoms with Gasteiger partial charge in [0.1, 0.15) is 5.70 Å². The smallest absolute Gasteiger partial charge is 0.336 e. The van der Waals surface area contributed by atoms with Crippen molar-refractivity contribution >= 4 is 11.9 Å². The second-order valence-corrected chi connectivity index (χ2v) is 3.71. The van der Waals surface area contributed by atoms with Gasteiger partial charge in [0.25, 0.3) is 5.91 Å². The van der Waals surface area contributed by atoms with Gasteiger partial charge in [0, 0.05) is 0 Å². The summed E-state index contributed by atoms with van der Waals surface area (Å²) in [6.07, 6.45) is 0. The SMILES string of the molecule is CCOC(=O)/C(C)=C1\N=c2ccccc2=NC1=O. The lowest BCUT2D eigenvalue weighted by atomic mass is 10.2. The van der Waals surface area contributed by atoms with Gasteiger partial charge in [0.2, 0.25) is 0 Å². The molecule has 0 unspecified atom stereocenters. The number of carbonyl (C=O) groups excluding carboxylic acids is 2. The molecule has 92 valence electrons. The molecule has 5 heteroatoms. The number of ether oxygens (including phenoxy) is 1. The van der Waals surface area contributed by atoms with Gasteiger partial charge in [-0.2, -0.15) is 0 Å². The van der Waals surface area contributed by atoms with E-state index in [2.05, 4.69) is 9.98 Å². The first-order chi connectivity index (χ1) is 8.63. The van der Waals surface area contributed by atoms with Gasteiger partial charge in [-0.15, -0.1) is 0 Å².